The highest BCUT2D eigenvalue weighted by atomic mass is 79.9. The van der Waals surface area contributed by atoms with Crippen molar-refractivity contribution in [3.63, 3.8) is 0 Å². The zero-order chi connectivity index (χ0) is 11.5. The van der Waals surface area contributed by atoms with Gasteiger partial charge >= 0.3 is 6.18 Å². The lowest BCUT2D eigenvalue weighted by atomic mass is 9.85. The van der Waals surface area contributed by atoms with E-state index in [1.807, 2.05) is 0 Å². The predicted octanol–water partition coefficient (Wildman–Crippen LogP) is 3.91. The van der Waals surface area contributed by atoms with Gasteiger partial charge < -0.3 is 4.74 Å². The molecular formula is C10H16BrF3O. The van der Waals surface area contributed by atoms with E-state index in [1.165, 1.54) is 0 Å². The fourth-order valence-corrected chi connectivity index (χ4v) is 2.55. The molecule has 1 nitrogen and oxygen atoms in total. The van der Waals surface area contributed by atoms with Crippen molar-refractivity contribution in [1.82, 2.24) is 0 Å². The molecule has 0 aromatic carbocycles. The molecule has 1 aliphatic rings. The van der Waals surface area contributed by atoms with E-state index in [9.17, 15) is 13.2 Å². The standard InChI is InChI=1S/C10H16BrF3O/c1-15-9(10(12,13)14)6-7-2-4-8(11)5-3-7/h7-9H,2-6H2,1H3. The van der Waals surface area contributed by atoms with Gasteiger partial charge in [-0.2, -0.15) is 13.2 Å². The number of alkyl halides is 4. The fourth-order valence-electron chi connectivity index (χ4n) is 2.02. The first-order chi connectivity index (χ1) is 6.93. The molecule has 1 saturated carbocycles. The first-order valence-electron chi connectivity index (χ1n) is 5.17. The zero-order valence-corrected chi connectivity index (χ0v) is 10.3. The predicted molar refractivity (Wildman–Crippen MR) is 56.1 cm³/mol. The van der Waals surface area contributed by atoms with Gasteiger partial charge in [0.05, 0.1) is 0 Å². The van der Waals surface area contributed by atoms with Crippen LogP contribution in [0.5, 0.6) is 0 Å². The van der Waals surface area contributed by atoms with E-state index in [0.717, 1.165) is 32.8 Å². The Morgan fingerprint density at radius 3 is 2.20 bits per heavy atom. The first kappa shape index (κ1) is 13.3. The molecule has 0 aliphatic heterocycles. The summed E-state index contributed by atoms with van der Waals surface area (Å²) >= 11 is 3.49. The van der Waals surface area contributed by atoms with Crippen molar-refractivity contribution >= 4 is 15.9 Å². The third kappa shape index (κ3) is 4.31. The molecule has 1 rings (SSSR count). The fraction of sp³-hybridized carbons (Fsp3) is 1.00. The second-order valence-electron chi connectivity index (χ2n) is 4.12. The smallest absolute Gasteiger partial charge is 0.372 e. The molecule has 0 radical (unpaired) electrons. The quantitative estimate of drug-likeness (QED) is 0.716. The Balaban J connectivity index is 2.39. The van der Waals surface area contributed by atoms with Crippen LogP contribution in [0, 0.1) is 5.92 Å². The Hall–Kier alpha value is 0.230. The number of ether oxygens (including phenoxy) is 1. The molecule has 0 N–H and O–H groups in total. The second kappa shape index (κ2) is 5.53. The molecule has 0 spiro atoms. The van der Waals surface area contributed by atoms with Crippen molar-refractivity contribution in [2.45, 2.75) is 49.2 Å². The molecule has 1 fully saturated rings. The van der Waals surface area contributed by atoms with Gasteiger partial charge in [0.1, 0.15) is 0 Å². The number of halogens is 4. The van der Waals surface area contributed by atoms with Crippen molar-refractivity contribution in [2.24, 2.45) is 5.92 Å². The number of hydrogen-bond acceptors (Lipinski definition) is 1. The van der Waals surface area contributed by atoms with E-state index in [-0.39, 0.29) is 12.3 Å². The third-order valence-corrected chi connectivity index (χ3v) is 3.89. The largest absolute Gasteiger partial charge is 0.414 e. The topological polar surface area (TPSA) is 9.23 Å². The van der Waals surface area contributed by atoms with Gasteiger partial charge in [-0.3, -0.25) is 0 Å². The molecule has 0 saturated heterocycles. The maximum atomic E-state index is 12.4. The van der Waals surface area contributed by atoms with Crippen LogP contribution in [0.25, 0.3) is 0 Å². The summed E-state index contributed by atoms with van der Waals surface area (Å²) in [4.78, 5) is 0.487. The Morgan fingerprint density at radius 2 is 1.80 bits per heavy atom. The molecule has 90 valence electrons. The molecule has 0 bridgehead atoms. The maximum absolute atomic E-state index is 12.4. The average molecular weight is 289 g/mol. The molecule has 0 aromatic heterocycles. The van der Waals surface area contributed by atoms with Crippen molar-refractivity contribution in [1.29, 1.82) is 0 Å². The van der Waals surface area contributed by atoms with Gasteiger partial charge in [-0.1, -0.05) is 15.9 Å². The molecule has 5 heteroatoms. The lowest BCUT2D eigenvalue weighted by molar-refractivity contribution is -0.217. The number of hydrogen-bond donors (Lipinski definition) is 0. The highest BCUT2D eigenvalue weighted by Crippen LogP contribution is 2.35. The van der Waals surface area contributed by atoms with Gasteiger partial charge in [-0.05, 0) is 38.0 Å². The summed E-state index contributed by atoms with van der Waals surface area (Å²) in [7, 11) is 1.13. The minimum absolute atomic E-state index is 0.111. The van der Waals surface area contributed by atoms with Crippen LogP contribution < -0.4 is 0 Å². The average Bonchev–Trinajstić information content (AvgIpc) is 2.15. The monoisotopic (exact) mass is 288 g/mol. The Bertz CT molecular complexity index is 188. The van der Waals surface area contributed by atoms with Crippen LogP contribution in [0.15, 0.2) is 0 Å². The number of rotatable bonds is 3. The van der Waals surface area contributed by atoms with Gasteiger partial charge in [-0.25, -0.2) is 0 Å². The van der Waals surface area contributed by atoms with Gasteiger partial charge in [0, 0.05) is 11.9 Å². The van der Waals surface area contributed by atoms with E-state index in [1.54, 1.807) is 0 Å². The van der Waals surface area contributed by atoms with Crippen molar-refractivity contribution in [3.05, 3.63) is 0 Å². The minimum atomic E-state index is -4.22. The third-order valence-electron chi connectivity index (χ3n) is 2.97. The summed E-state index contributed by atoms with van der Waals surface area (Å²) in [5.41, 5.74) is 0. The summed E-state index contributed by atoms with van der Waals surface area (Å²) in [6.45, 7) is 0. The summed E-state index contributed by atoms with van der Waals surface area (Å²) in [6, 6.07) is 0. The van der Waals surface area contributed by atoms with Crippen molar-refractivity contribution < 1.29 is 17.9 Å². The lowest BCUT2D eigenvalue weighted by Crippen LogP contribution is -2.33. The van der Waals surface area contributed by atoms with Gasteiger partial charge in [0.25, 0.3) is 0 Å². The number of methoxy groups -OCH3 is 1. The van der Waals surface area contributed by atoms with Crippen LogP contribution in [0.2, 0.25) is 0 Å². The van der Waals surface area contributed by atoms with E-state index in [2.05, 4.69) is 20.7 Å². The van der Waals surface area contributed by atoms with Crippen LogP contribution in [0.3, 0.4) is 0 Å². The van der Waals surface area contributed by atoms with E-state index < -0.39 is 12.3 Å². The summed E-state index contributed by atoms with van der Waals surface area (Å²) < 4.78 is 41.8. The Morgan fingerprint density at radius 1 is 1.27 bits per heavy atom. The van der Waals surface area contributed by atoms with Crippen LogP contribution in [0.1, 0.15) is 32.1 Å². The molecular weight excluding hydrogens is 273 g/mol. The van der Waals surface area contributed by atoms with Crippen LogP contribution >= 0.6 is 15.9 Å². The minimum Gasteiger partial charge on any atom is -0.372 e. The molecule has 1 unspecified atom stereocenters. The summed E-state index contributed by atoms with van der Waals surface area (Å²) in [6.07, 6.45) is -2.02. The summed E-state index contributed by atoms with van der Waals surface area (Å²) in [5, 5.41) is 0. The van der Waals surface area contributed by atoms with Crippen LogP contribution in [-0.4, -0.2) is 24.2 Å². The van der Waals surface area contributed by atoms with Crippen molar-refractivity contribution in [3.8, 4) is 0 Å². The maximum Gasteiger partial charge on any atom is 0.414 e. The highest BCUT2D eigenvalue weighted by molar-refractivity contribution is 9.09. The molecule has 0 heterocycles. The van der Waals surface area contributed by atoms with E-state index in [0.29, 0.717) is 4.83 Å². The van der Waals surface area contributed by atoms with E-state index >= 15 is 0 Å². The van der Waals surface area contributed by atoms with Crippen LogP contribution in [0.4, 0.5) is 13.2 Å². The molecule has 1 atom stereocenters. The zero-order valence-electron chi connectivity index (χ0n) is 8.69. The lowest BCUT2D eigenvalue weighted by Gasteiger charge is -2.29. The van der Waals surface area contributed by atoms with Crippen molar-refractivity contribution in [2.75, 3.05) is 7.11 Å². The molecule has 15 heavy (non-hydrogen) atoms. The second-order valence-corrected chi connectivity index (χ2v) is 5.41. The van der Waals surface area contributed by atoms with Gasteiger partial charge in [-0.15, -0.1) is 0 Å². The molecule has 0 aromatic rings. The molecule has 1 aliphatic carbocycles. The van der Waals surface area contributed by atoms with Gasteiger partial charge in [0.15, 0.2) is 6.10 Å². The Kier molecular flexibility index (Phi) is 4.90. The normalized spacial score (nSPS) is 30.2. The SMILES string of the molecule is COC(CC1CCC(Br)CC1)C(F)(F)F. The first-order valence-corrected chi connectivity index (χ1v) is 6.08. The van der Waals surface area contributed by atoms with E-state index in [4.69, 9.17) is 0 Å². The summed E-state index contributed by atoms with van der Waals surface area (Å²) in [5.74, 6) is 0.158. The molecule has 0 amide bonds. The Labute approximate surface area is 96.5 Å². The van der Waals surface area contributed by atoms with Crippen LogP contribution in [-0.2, 0) is 4.74 Å². The van der Waals surface area contributed by atoms with Gasteiger partial charge in [0.2, 0.25) is 0 Å². The highest BCUT2D eigenvalue weighted by Gasteiger charge is 2.41.